The summed E-state index contributed by atoms with van der Waals surface area (Å²) >= 11 is 6.06. The van der Waals surface area contributed by atoms with Crippen LogP contribution in [0, 0.1) is 0 Å². The lowest BCUT2D eigenvalue weighted by Gasteiger charge is -2.15. The molecule has 0 amide bonds. The second-order valence-corrected chi connectivity index (χ2v) is 4.74. The number of carboxylic acid groups (broad SMARTS) is 1. The first-order valence-corrected chi connectivity index (χ1v) is 6.60. The maximum absolute atomic E-state index is 10.8. The van der Waals surface area contributed by atoms with E-state index < -0.39 is 5.97 Å². The third-order valence-corrected chi connectivity index (χ3v) is 3.01. The maximum atomic E-state index is 10.8. The molecular formula is C14H14ClN3O3. The van der Waals surface area contributed by atoms with Crippen molar-refractivity contribution in [2.45, 2.75) is 6.54 Å². The zero-order chi connectivity index (χ0) is 15.2. The molecule has 0 saturated carbocycles. The number of halogens is 1. The van der Waals surface area contributed by atoms with Crippen LogP contribution >= 0.6 is 11.6 Å². The van der Waals surface area contributed by atoms with E-state index in [1.54, 1.807) is 23.1 Å². The number of carboxylic acids is 1. The van der Waals surface area contributed by atoms with Crippen LogP contribution in [0.15, 0.2) is 41.3 Å². The summed E-state index contributed by atoms with van der Waals surface area (Å²) in [6.07, 6.45) is 1.62. The van der Waals surface area contributed by atoms with Crippen molar-refractivity contribution in [1.29, 1.82) is 0 Å². The van der Waals surface area contributed by atoms with Crippen molar-refractivity contribution in [2.24, 2.45) is 0 Å². The second-order valence-electron chi connectivity index (χ2n) is 4.33. The molecule has 0 fully saturated rings. The molecule has 2 rings (SSSR count). The molecule has 0 aliphatic carbocycles. The summed E-state index contributed by atoms with van der Waals surface area (Å²) in [5.74, 6) is -0.291. The van der Waals surface area contributed by atoms with Crippen molar-refractivity contribution < 1.29 is 14.3 Å². The molecule has 0 aliphatic heterocycles. The zero-order valence-electron chi connectivity index (χ0n) is 11.2. The van der Waals surface area contributed by atoms with Crippen molar-refractivity contribution >= 4 is 17.6 Å². The van der Waals surface area contributed by atoms with Gasteiger partial charge in [-0.1, -0.05) is 29.8 Å². The van der Waals surface area contributed by atoms with E-state index in [1.165, 1.54) is 0 Å². The minimum absolute atomic E-state index is 0.129. The van der Waals surface area contributed by atoms with Crippen LogP contribution in [-0.4, -0.2) is 39.3 Å². The number of aliphatic carboxylic acids is 1. The molecule has 0 unspecified atom stereocenters. The van der Waals surface area contributed by atoms with Crippen LogP contribution in [0.5, 0.6) is 0 Å². The topological polar surface area (TPSA) is 79.5 Å². The summed E-state index contributed by atoms with van der Waals surface area (Å²) < 4.78 is 5.53. The number of benzene rings is 1. The van der Waals surface area contributed by atoms with E-state index in [9.17, 15) is 4.79 Å². The molecule has 1 aromatic carbocycles. The van der Waals surface area contributed by atoms with Crippen LogP contribution in [0.25, 0.3) is 11.5 Å². The normalized spacial score (nSPS) is 10.8. The first kappa shape index (κ1) is 15.2. The van der Waals surface area contributed by atoms with Gasteiger partial charge in [0, 0.05) is 6.54 Å². The van der Waals surface area contributed by atoms with Crippen molar-refractivity contribution in [1.82, 2.24) is 15.1 Å². The Bertz CT molecular complexity index is 642. The number of hydrogen-bond acceptors (Lipinski definition) is 5. The fourth-order valence-corrected chi connectivity index (χ4v) is 2.03. The molecule has 0 radical (unpaired) electrons. The van der Waals surface area contributed by atoms with Gasteiger partial charge in [0.05, 0.1) is 23.7 Å². The molecule has 1 heterocycles. The van der Waals surface area contributed by atoms with Gasteiger partial charge in [-0.25, -0.2) is 0 Å². The minimum atomic E-state index is -0.928. The fraction of sp³-hybridized carbons (Fsp3) is 0.214. The van der Waals surface area contributed by atoms with E-state index in [1.807, 2.05) is 12.1 Å². The van der Waals surface area contributed by atoms with E-state index in [0.717, 1.165) is 0 Å². The molecule has 6 nitrogen and oxygen atoms in total. The largest absolute Gasteiger partial charge is 0.480 e. The van der Waals surface area contributed by atoms with Gasteiger partial charge in [0.25, 0.3) is 0 Å². The molecule has 21 heavy (non-hydrogen) atoms. The highest BCUT2D eigenvalue weighted by atomic mass is 35.5. The third-order valence-electron chi connectivity index (χ3n) is 2.68. The Kier molecular flexibility index (Phi) is 5.08. The van der Waals surface area contributed by atoms with Crippen molar-refractivity contribution in [3.8, 4) is 11.5 Å². The molecule has 0 spiro atoms. The van der Waals surface area contributed by atoms with Gasteiger partial charge in [-0.3, -0.25) is 9.69 Å². The lowest BCUT2D eigenvalue weighted by Crippen LogP contribution is -2.29. The highest BCUT2D eigenvalue weighted by molar-refractivity contribution is 6.33. The summed E-state index contributed by atoms with van der Waals surface area (Å²) in [4.78, 5) is 12.4. The Balaban J connectivity index is 2.14. The smallest absolute Gasteiger partial charge is 0.317 e. The van der Waals surface area contributed by atoms with Gasteiger partial charge < -0.3 is 9.52 Å². The predicted octanol–water partition coefficient (Wildman–Crippen LogP) is 2.46. The van der Waals surface area contributed by atoms with Gasteiger partial charge in [0.2, 0.25) is 11.8 Å². The molecular weight excluding hydrogens is 294 g/mol. The van der Waals surface area contributed by atoms with Crippen LogP contribution in [0.2, 0.25) is 5.02 Å². The quantitative estimate of drug-likeness (QED) is 0.792. The Labute approximate surface area is 126 Å². The Morgan fingerprint density at radius 1 is 1.43 bits per heavy atom. The fourth-order valence-electron chi connectivity index (χ4n) is 1.81. The molecule has 0 saturated heterocycles. The number of hydrogen-bond donors (Lipinski definition) is 1. The van der Waals surface area contributed by atoms with Crippen LogP contribution in [0.3, 0.4) is 0 Å². The number of aromatic nitrogens is 2. The summed E-state index contributed by atoms with van der Waals surface area (Å²) in [6, 6.07) is 7.13. The van der Waals surface area contributed by atoms with E-state index in [0.29, 0.717) is 28.9 Å². The molecule has 1 aromatic heterocycles. The number of nitrogens with zero attached hydrogens (tertiary/aromatic N) is 3. The lowest BCUT2D eigenvalue weighted by molar-refractivity contribution is -0.138. The Morgan fingerprint density at radius 2 is 2.19 bits per heavy atom. The predicted molar refractivity (Wildman–Crippen MR) is 77.9 cm³/mol. The second kappa shape index (κ2) is 7.01. The van der Waals surface area contributed by atoms with E-state index in [-0.39, 0.29) is 13.1 Å². The SMILES string of the molecule is C=CCN(CC(=O)O)Cc1nnc(-c2ccccc2Cl)o1. The van der Waals surface area contributed by atoms with Crippen molar-refractivity contribution in [3.63, 3.8) is 0 Å². The summed E-state index contributed by atoms with van der Waals surface area (Å²) in [5, 5.41) is 17.2. The lowest BCUT2D eigenvalue weighted by atomic mass is 10.2. The van der Waals surface area contributed by atoms with E-state index in [2.05, 4.69) is 16.8 Å². The van der Waals surface area contributed by atoms with Gasteiger partial charge in [-0.05, 0) is 12.1 Å². The molecule has 0 atom stereocenters. The third kappa shape index (κ3) is 4.14. The molecule has 0 aliphatic rings. The van der Waals surface area contributed by atoms with Gasteiger partial charge in [-0.2, -0.15) is 0 Å². The molecule has 0 bridgehead atoms. The van der Waals surface area contributed by atoms with Crippen molar-refractivity contribution in [2.75, 3.05) is 13.1 Å². The van der Waals surface area contributed by atoms with Crippen LogP contribution in [0.1, 0.15) is 5.89 Å². The molecule has 2 aromatic rings. The van der Waals surface area contributed by atoms with Gasteiger partial charge >= 0.3 is 5.97 Å². The van der Waals surface area contributed by atoms with Gasteiger partial charge in [0.15, 0.2) is 0 Å². The van der Waals surface area contributed by atoms with Gasteiger partial charge in [0.1, 0.15) is 0 Å². The van der Waals surface area contributed by atoms with E-state index in [4.69, 9.17) is 21.1 Å². The first-order chi connectivity index (χ1) is 10.1. The summed E-state index contributed by atoms with van der Waals surface area (Å²) in [7, 11) is 0. The summed E-state index contributed by atoms with van der Waals surface area (Å²) in [5.41, 5.74) is 0.645. The van der Waals surface area contributed by atoms with Crippen molar-refractivity contribution in [3.05, 3.63) is 47.8 Å². The first-order valence-electron chi connectivity index (χ1n) is 6.22. The van der Waals surface area contributed by atoms with Gasteiger partial charge in [-0.15, -0.1) is 16.8 Å². The van der Waals surface area contributed by atoms with E-state index >= 15 is 0 Å². The molecule has 110 valence electrons. The average molecular weight is 308 g/mol. The van der Waals surface area contributed by atoms with Crippen LogP contribution in [-0.2, 0) is 11.3 Å². The number of rotatable bonds is 7. The highest BCUT2D eigenvalue weighted by Gasteiger charge is 2.15. The molecule has 7 heteroatoms. The summed E-state index contributed by atoms with van der Waals surface area (Å²) in [6.45, 7) is 4.11. The standard InChI is InChI=1S/C14H14ClN3O3/c1-2-7-18(9-13(19)20)8-12-16-17-14(21-12)10-5-3-4-6-11(10)15/h2-6H,1,7-9H2,(H,19,20). The highest BCUT2D eigenvalue weighted by Crippen LogP contribution is 2.26. The average Bonchev–Trinajstić information content (AvgIpc) is 2.87. The minimum Gasteiger partial charge on any atom is -0.480 e. The van der Waals surface area contributed by atoms with Crippen LogP contribution < -0.4 is 0 Å². The monoisotopic (exact) mass is 307 g/mol. The maximum Gasteiger partial charge on any atom is 0.317 e. The van der Waals surface area contributed by atoms with Crippen LogP contribution in [0.4, 0.5) is 0 Å². The Morgan fingerprint density at radius 3 is 2.86 bits per heavy atom. The molecule has 1 N–H and O–H groups in total. The zero-order valence-corrected chi connectivity index (χ0v) is 12.0. The Hall–Kier alpha value is -2.18. The number of carbonyl (C=O) groups is 1.